The van der Waals surface area contributed by atoms with Crippen LogP contribution in [0.15, 0.2) is 30.5 Å². The Labute approximate surface area is 110 Å². The molecule has 1 aromatic carbocycles. The molecule has 0 bridgehead atoms. The zero-order chi connectivity index (χ0) is 12.4. The molecule has 94 valence electrons. The molecule has 0 saturated heterocycles. The molecule has 4 nitrogen and oxygen atoms in total. The number of hydrogen-bond acceptors (Lipinski definition) is 3. The van der Waals surface area contributed by atoms with Crippen LogP contribution in [0.5, 0.6) is 11.5 Å². The van der Waals surface area contributed by atoms with Gasteiger partial charge in [-0.15, -0.1) is 11.6 Å². The minimum atomic E-state index is 0.414. The van der Waals surface area contributed by atoms with Crippen LogP contribution in [0.2, 0.25) is 0 Å². The van der Waals surface area contributed by atoms with Gasteiger partial charge in [-0.1, -0.05) is 0 Å². The first-order chi connectivity index (χ1) is 8.86. The molecule has 2 heterocycles. The molecule has 18 heavy (non-hydrogen) atoms. The molecule has 1 aliphatic heterocycles. The zero-order valence-electron chi connectivity index (χ0n) is 9.80. The number of nitrogens with zero attached hydrogens (tertiary/aromatic N) is 2. The van der Waals surface area contributed by atoms with Gasteiger partial charge in [0.25, 0.3) is 0 Å². The Morgan fingerprint density at radius 1 is 1.17 bits per heavy atom. The zero-order valence-corrected chi connectivity index (χ0v) is 10.6. The number of fused-ring (bicyclic) bond motifs is 1. The highest BCUT2D eigenvalue weighted by atomic mass is 35.5. The van der Waals surface area contributed by atoms with E-state index in [0.717, 1.165) is 29.3 Å². The quantitative estimate of drug-likeness (QED) is 0.783. The number of hydrogen-bond donors (Lipinski definition) is 0. The van der Waals surface area contributed by atoms with E-state index >= 15 is 0 Å². The van der Waals surface area contributed by atoms with E-state index in [4.69, 9.17) is 21.1 Å². The summed E-state index contributed by atoms with van der Waals surface area (Å²) in [5.41, 5.74) is 1.79. The van der Waals surface area contributed by atoms with Crippen molar-refractivity contribution >= 4 is 11.6 Å². The Morgan fingerprint density at radius 3 is 2.78 bits per heavy atom. The Balaban J connectivity index is 1.95. The van der Waals surface area contributed by atoms with Crippen LogP contribution in [0.4, 0.5) is 0 Å². The Hall–Kier alpha value is -1.68. The largest absolute Gasteiger partial charge is 0.490 e. The van der Waals surface area contributed by atoms with Gasteiger partial charge in [0.15, 0.2) is 11.5 Å². The number of halogens is 1. The van der Waals surface area contributed by atoms with E-state index in [1.165, 1.54) is 0 Å². The summed E-state index contributed by atoms with van der Waals surface area (Å²) < 4.78 is 13.0. The molecule has 1 aromatic heterocycles. The first kappa shape index (κ1) is 11.4. The molecule has 0 unspecified atom stereocenters. The molecule has 0 saturated carbocycles. The van der Waals surface area contributed by atoms with Gasteiger partial charge >= 0.3 is 0 Å². The predicted molar refractivity (Wildman–Crippen MR) is 68.7 cm³/mol. The first-order valence-corrected chi connectivity index (χ1v) is 6.41. The molecule has 1 aliphatic rings. The molecule has 0 spiro atoms. The molecule has 0 amide bonds. The highest BCUT2D eigenvalue weighted by Gasteiger charge is 2.11. The van der Waals surface area contributed by atoms with E-state index in [2.05, 4.69) is 5.10 Å². The maximum Gasteiger partial charge on any atom is 0.163 e. The van der Waals surface area contributed by atoms with Crippen LogP contribution < -0.4 is 9.47 Å². The summed E-state index contributed by atoms with van der Waals surface area (Å²) in [7, 11) is 0. The highest BCUT2D eigenvalue weighted by Crippen LogP contribution is 2.31. The summed E-state index contributed by atoms with van der Waals surface area (Å²) in [6.07, 6.45) is 2.79. The van der Waals surface area contributed by atoms with E-state index in [1.807, 2.05) is 30.5 Å². The molecule has 0 N–H and O–H groups in total. The molecule has 2 aromatic rings. The Kier molecular flexibility index (Phi) is 3.11. The van der Waals surface area contributed by atoms with Gasteiger partial charge in [-0.05, 0) is 18.2 Å². The molecule has 0 atom stereocenters. The van der Waals surface area contributed by atoms with Gasteiger partial charge < -0.3 is 9.47 Å². The first-order valence-electron chi connectivity index (χ1n) is 5.87. The minimum Gasteiger partial charge on any atom is -0.490 e. The van der Waals surface area contributed by atoms with Crippen LogP contribution in [0.25, 0.3) is 5.69 Å². The lowest BCUT2D eigenvalue weighted by molar-refractivity contribution is 0.297. The molecule has 0 radical (unpaired) electrons. The highest BCUT2D eigenvalue weighted by molar-refractivity contribution is 6.16. The van der Waals surface area contributed by atoms with Crippen LogP contribution in [0.3, 0.4) is 0 Å². The van der Waals surface area contributed by atoms with Crippen molar-refractivity contribution in [2.24, 2.45) is 0 Å². The number of rotatable bonds is 2. The maximum absolute atomic E-state index is 5.74. The number of benzene rings is 1. The van der Waals surface area contributed by atoms with Gasteiger partial charge in [0.05, 0.1) is 30.5 Å². The third kappa shape index (κ3) is 2.16. The van der Waals surface area contributed by atoms with E-state index < -0.39 is 0 Å². The van der Waals surface area contributed by atoms with Crippen molar-refractivity contribution in [1.82, 2.24) is 9.78 Å². The number of aromatic nitrogens is 2. The Morgan fingerprint density at radius 2 is 2.00 bits per heavy atom. The normalized spacial score (nSPS) is 14.3. The fourth-order valence-corrected chi connectivity index (χ4v) is 2.01. The molecular formula is C13H13ClN2O2. The summed E-state index contributed by atoms with van der Waals surface area (Å²) in [5, 5.41) is 4.36. The van der Waals surface area contributed by atoms with Crippen molar-refractivity contribution in [3.05, 3.63) is 36.2 Å². The van der Waals surface area contributed by atoms with Crippen molar-refractivity contribution in [3.63, 3.8) is 0 Å². The van der Waals surface area contributed by atoms with Crippen LogP contribution in [-0.2, 0) is 5.88 Å². The molecule has 0 fully saturated rings. The fraction of sp³-hybridized carbons (Fsp3) is 0.308. The predicted octanol–water partition coefficient (Wildman–Crippen LogP) is 2.77. The van der Waals surface area contributed by atoms with Gasteiger partial charge in [0, 0.05) is 18.7 Å². The average Bonchev–Trinajstić information content (AvgIpc) is 2.76. The number of alkyl halides is 1. The third-order valence-electron chi connectivity index (χ3n) is 2.78. The molecule has 5 heteroatoms. The minimum absolute atomic E-state index is 0.414. The maximum atomic E-state index is 5.74. The summed E-state index contributed by atoms with van der Waals surface area (Å²) in [6, 6.07) is 7.71. The van der Waals surface area contributed by atoms with E-state index in [9.17, 15) is 0 Å². The van der Waals surface area contributed by atoms with Gasteiger partial charge in [-0.2, -0.15) is 5.10 Å². The van der Waals surface area contributed by atoms with Crippen molar-refractivity contribution in [3.8, 4) is 17.2 Å². The van der Waals surface area contributed by atoms with E-state index in [0.29, 0.717) is 19.1 Å². The second kappa shape index (κ2) is 4.90. The van der Waals surface area contributed by atoms with Gasteiger partial charge in [0.2, 0.25) is 0 Å². The number of ether oxygens (including phenoxy) is 2. The summed E-state index contributed by atoms with van der Waals surface area (Å²) in [5.74, 6) is 1.98. The van der Waals surface area contributed by atoms with Crippen LogP contribution in [-0.4, -0.2) is 23.0 Å². The topological polar surface area (TPSA) is 36.3 Å². The van der Waals surface area contributed by atoms with Gasteiger partial charge in [-0.25, -0.2) is 4.68 Å². The van der Waals surface area contributed by atoms with Crippen molar-refractivity contribution < 1.29 is 9.47 Å². The third-order valence-corrected chi connectivity index (χ3v) is 3.05. The van der Waals surface area contributed by atoms with Crippen molar-refractivity contribution in [1.29, 1.82) is 0 Å². The summed E-state index contributed by atoms with van der Waals surface area (Å²) in [4.78, 5) is 0. The monoisotopic (exact) mass is 264 g/mol. The van der Waals surface area contributed by atoms with E-state index in [-0.39, 0.29) is 0 Å². The smallest absolute Gasteiger partial charge is 0.163 e. The lowest BCUT2D eigenvalue weighted by Crippen LogP contribution is -1.98. The average molecular weight is 265 g/mol. The molecule has 0 aliphatic carbocycles. The SMILES string of the molecule is ClCc1ccn(-c2ccc3c(c2)OCCCO3)n1. The Bertz CT molecular complexity index is 554. The van der Waals surface area contributed by atoms with Crippen LogP contribution >= 0.6 is 11.6 Å². The second-order valence-electron chi connectivity index (χ2n) is 4.07. The van der Waals surface area contributed by atoms with Gasteiger partial charge in [0.1, 0.15) is 0 Å². The lowest BCUT2D eigenvalue weighted by Gasteiger charge is -2.09. The standard InChI is InChI=1S/C13H13ClN2O2/c14-9-10-4-5-16(15-10)11-2-3-12-13(8-11)18-7-1-6-17-12/h2-5,8H,1,6-7,9H2. The summed E-state index contributed by atoms with van der Waals surface area (Å²) >= 11 is 5.74. The van der Waals surface area contributed by atoms with Crippen molar-refractivity contribution in [2.45, 2.75) is 12.3 Å². The molecule has 3 rings (SSSR count). The van der Waals surface area contributed by atoms with Gasteiger partial charge in [-0.3, -0.25) is 0 Å². The van der Waals surface area contributed by atoms with Crippen LogP contribution in [0.1, 0.15) is 12.1 Å². The molecular weight excluding hydrogens is 252 g/mol. The lowest BCUT2D eigenvalue weighted by atomic mass is 10.3. The van der Waals surface area contributed by atoms with E-state index in [1.54, 1.807) is 4.68 Å². The fourth-order valence-electron chi connectivity index (χ4n) is 1.87. The summed E-state index contributed by atoms with van der Waals surface area (Å²) in [6.45, 7) is 1.38. The van der Waals surface area contributed by atoms with Crippen LogP contribution in [0, 0.1) is 0 Å². The van der Waals surface area contributed by atoms with Crippen molar-refractivity contribution in [2.75, 3.05) is 13.2 Å². The second-order valence-corrected chi connectivity index (χ2v) is 4.33.